The standard InChI is InChI=1S/C18H17F2N3O3S/c1-9-13-16(21-8-23(3)17(13)25)27-14(9)15(24)22-10(2)11-5-4-6-12(7-11)26-18(19)20/h4-8,10,18H,1-3H3,(H,22,24). The number of aromatic nitrogens is 2. The maximum absolute atomic E-state index is 12.7. The average molecular weight is 393 g/mol. The predicted molar refractivity (Wildman–Crippen MR) is 98.6 cm³/mol. The number of rotatable bonds is 5. The molecule has 6 nitrogen and oxygen atoms in total. The van der Waals surface area contributed by atoms with Gasteiger partial charge < -0.3 is 14.6 Å². The van der Waals surface area contributed by atoms with E-state index in [4.69, 9.17) is 0 Å². The molecule has 2 heterocycles. The zero-order valence-electron chi connectivity index (χ0n) is 14.8. The number of alkyl halides is 2. The molecule has 0 aliphatic rings. The first-order valence-electron chi connectivity index (χ1n) is 8.08. The number of thiophene rings is 1. The largest absolute Gasteiger partial charge is 0.435 e. The van der Waals surface area contributed by atoms with Crippen molar-refractivity contribution in [3.63, 3.8) is 0 Å². The van der Waals surface area contributed by atoms with E-state index in [1.165, 1.54) is 23.0 Å². The number of carbonyl (C=O) groups excluding carboxylic acids is 1. The van der Waals surface area contributed by atoms with Gasteiger partial charge in [-0.3, -0.25) is 9.59 Å². The van der Waals surface area contributed by atoms with Gasteiger partial charge in [0.05, 0.1) is 22.6 Å². The van der Waals surface area contributed by atoms with Gasteiger partial charge >= 0.3 is 6.61 Å². The number of aryl methyl sites for hydroxylation is 2. The molecule has 1 unspecified atom stereocenters. The van der Waals surface area contributed by atoms with E-state index in [0.29, 0.717) is 26.2 Å². The van der Waals surface area contributed by atoms with Gasteiger partial charge in [0, 0.05) is 7.05 Å². The molecular formula is C18H17F2N3O3S. The van der Waals surface area contributed by atoms with Crippen LogP contribution < -0.4 is 15.6 Å². The topological polar surface area (TPSA) is 73.2 Å². The van der Waals surface area contributed by atoms with E-state index in [1.807, 2.05) is 0 Å². The SMILES string of the molecule is Cc1c(C(=O)NC(C)c2cccc(OC(F)F)c2)sc2ncn(C)c(=O)c12. The van der Waals surface area contributed by atoms with E-state index in [9.17, 15) is 18.4 Å². The molecule has 142 valence electrons. The molecule has 3 aromatic rings. The highest BCUT2D eigenvalue weighted by Gasteiger charge is 2.21. The Hall–Kier alpha value is -2.81. The van der Waals surface area contributed by atoms with E-state index < -0.39 is 12.7 Å². The summed E-state index contributed by atoms with van der Waals surface area (Å²) in [7, 11) is 1.60. The lowest BCUT2D eigenvalue weighted by molar-refractivity contribution is -0.0499. The first-order chi connectivity index (χ1) is 12.8. The van der Waals surface area contributed by atoms with Gasteiger partial charge in [-0.1, -0.05) is 12.1 Å². The fourth-order valence-corrected chi connectivity index (χ4v) is 3.77. The summed E-state index contributed by atoms with van der Waals surface area (Å²) in [5.41, 5.74) is 0.982. The quantitative estimate of drug-likeness (QED) is 0.721. The molecule has 27 heavy (non-hydrogen) atoms. The van der Waals surface area contributed by atoms with Gasteiger partial charge in [-0.15, -0.1) is 11.3 Å². The van der Waals surface area contributed by atoms with Crippen LogP contribution in [0.2, 0.25) is 0 Å². The third kappa shape index (κ3) is 3.82. The highest BCUT2D eigenvalue weighted by Crippen LogP contribution is 2.28. The number of nitrogens with zero attached hydrogens (tertiary/aromatic N) is 2. The van der Waals surface area contributed by atoms with Gasteiger partial charge in [0.15, 0.2) is 0 Å². The van der Waals surface area contributed by atoms with Crippen LogP contribution in [0, 0.1) is 6.92 Å². The monoisotopic (exact) mass is 393 g/mol. The summed E-state index contributed by atoms with van der Waals surface area (Å²) < 4.78 is 30.5. The smallest absolute Gasteiger partial charge is 0.387 e. The normalized spacial score (nSPS) is 12.4. The number of carbonyl (C=O) groups is 1. The van der Waals surface area contributed by atoms with Crippen LogP contribution in [0.1, 0.15) is 33.8 Å². The molecule has 0 saturated carbocycles. The molecule has 0 saturated heterocycles. The van der Waals surface area contributed by atoms with Gasteiger partial charge in [-0.25, -0.2) is 4.98 Å². The molecule has 1 aromatic carbocycles. The third-order valence-corrected chi connectivity index (χ3v) is 5.35. The van der Waals surface area contributed by atoms with E-state index in [1.54, 1.807) is 33.0 Å². The lowest BCUT2D eigenvalue weighted by atomic mass is 10.1. The van der Waals surface area contributed by atoms with Crippen LogP contribution in [-0.2, 0) is 7.05 Å². The summed E-state index contributed by atoms with van der Waals surface area (Å²) in [6.45, 7) is 0.527. The van der Waals surface area contributed by atoms with Gasteiger partial charge in [0.1, 0.15) is 10.6 Å². The highest BCUT2D eigenvalue weighted by atomic mass is 32.1. The van der Waals surface area contributed by atoms with E-state index in [-0.39, 0.29) is 17.2 Å². The molecule has 0 spiro atoms. The van der Waals surface area contributed by atoms with E-state index in [2.05, 4.69) is 15.0 Å². The van der Waals surface area contributed by atoms with Gasteiger partial charge in [-0.05, 0) is 37.1 Å². The Kier molecular flexibility index (Phi) is 5.22. The molecule has 3 rings (SSSR count). The van der Waals surface area contributed by atoms with Crippen molar-refractivity contribution in [2.24, 2.45) is 7.05 Å². The van der Waals surface area contributed by atoms with Crippen LogP contribution in [0.3, 0.4) is 0 Å². The first-order valence-corrected chi connectivity index (χ1v) is 8.90. The molecule has 1 amide bonds. The zero-order valence-corrected chi connectivity index (χ0v) is 15.6. The zero-order chi connectivity index (χ0) is 19.7. The Labute approximate surface area is 157 Å². The maximum atomic E-state index is 12.7. The number of hydrogen-bond donors (Lipinski definition) is 1. The second kappa shape index (κ2) is 7.43. The van der Waals surface area contributed by atoms with Crippen molar-refractivity contribution < 1.29 is 18.3 Å². The summed E-state index contributed by atoms with van der Waals surface area (Å²) in [6.07, 6.45) is 1.42. The molecule has 2 aromatic heterocycles. The molecule has 0 aliphatic carbocycles. The Morgan fingerprint density at radius 3 is 2.81 bits per heavy atom. The summed E-state index contributed by atoms with van der Waals surface area (Å²) >= 11 is 1.14. The number of amides is 1. The van der Waals surface area contributed by atoms with Crippen molar-refractivity contribution in [1.82, 2.24) is 14.9 Å². The number of nitrogens with one attached hydrogen (secondary N) is 1. The molecule has 0 radical (unpaired) electrons. The summed E-state index contributed by atoms with van der Waals surface area (Å²) in [4.78, 5) is 30.1. The number of benzene rings is 1. The fraction of sp³-hybridized carbons (Fsp3) is 0.278. The summed E-state index contributed by atoms with van der Waals surface area (Å²) in [5.74, 6) is -0.334. The Morgan fingerprint density at radius 1 is 1.37 bits per heavy atom. The van der Waals surface area contributed by atoms with Crippen LogP contribution in [0.5, 0.6) is 5.75 Å². The second-order valence-electron chi connectivity index (χ2n) is 6.04. The number of halogens is 2. The minimum atomic E-state index is -2.92. The number of hydrogen-bond acceptors (Lipinski definition) is 5. The molecule has 1 N–H and O–H groups in total. The highest BCUT2D eigenvalue weighted by molar-refractivity contribution is 7.20. The minimum Gasteiger partial charge on any atom is -0.435 e. The maximum Gasteiger partial charge on any atom is 0.387 e. The van der Waals surface area contributed by atoms with E-state index in [0.717, 1.165) is 11.3 Å². The average Bonchev–Trinajstić information content (AvgIpc) is 2.95. The van der Waals surface area contributed by atoms with Crippen molar-refractivity contribution in [1.29, 1.82) is 0 Å². The fourth-order valence-electron chi connectivity index (χ4n) is 2.73. The lowest BCUT2D eigenvalue weighted by Gasteiger charge is -2.15. The van der Waals surface area contributed by atoms with Gasteiger partial charge in [0.2, 0.25) is 0 Å². The van der Waals surface area contributed by atoms with Crippen molar-refractivity contribution in [2.45, 2.75) is 26.5 Å². The first kappa shape index (κ1) is 19.0. The van der Waals surface area contributed by atoms with Crippen molar-refractivity contribution in [2.75, 3.05) is 0 Å². The Morgan fingerprint density at radius 2 is 2.11 bits per heavy atom. The molecule has 0 bridgehead atoms. The van der Waals surface area contributed by atoms with Gasteiger partial charge in [0.25, 0.3) is 11.5 Å². The van der Waals surface area contributed by atoms with Crippen LogP contribution >= 0.6 is 11.3 Å². The van der Waals surface area contributed by atoms with Crippen LogP contribution in [0.25, 0.3) is 10.2 Å². The molecular weight excluding hydrogens is 376 g/mol. The Bertz CT molecular complexity index is 1060. The molecule has 0 fully saturated rings. The lowest BCUT2D eigenvalue weighted by Crippen LogP contribution is -2.26. The molecule has 9 heteroatoms. The van der Waals surface area contributed by atoms with Crippen molar-refractivity contribution >= 4 is 27.5 Å². The Balaban J connectivity index is 1.85. The van der Waals surface area contributed by atoms with Crippen molar-refractivity contribution in [3.05, 3.63) is 57.0 Å². The summed E-state index contributed by atoms with van der Waals surface area (Å²) in [5, 5.41) is 3.25. The second-order valence-corrected chi connectivity index (χ2v) is 7.04. The van der Waals surface area contributed by atoms with E-state index >= 15 is 0 Å². The summed E-state index contributed by atoms with van der Waals surface area (Å²) in [6, 6.07) is 5.71. The van der Waals surface area contributed by atoms with Crippen LogP contribution in [-0.4, -0.2) is 22.1 Å². The molecule has 1 atom stereocenters. The minimum absolute atomic E-state index is 0.0225. The van der Waals surface area contributed by atoms with Gasteiger partial charge in [-0.2, -0.15) is 8.78 Å². The van der Waals surface area contributed by atoms with Crippen molar-refractivity contribution in [3.8, 4) is 5.75 Å². The molecule has 0 aliphatic heterocycles. The van der Waals surface area contributed by atoms with Crippen LogP contribution in [0.15, 0.2) is 35.4 Å². The number of fused-ring (bicyclic) bond motifs is 1. The predicted octanol–water partition coefficient (Wildman–Crippen LogP) is 3.40. The third-order valence-electron chi connectivity index (χ3n) is 4.15. The number of ether oxygens (including phenoxy) is 1. The van der Waals surface area contributed by atoms with Crippen LogP contribution in [0.4, 0.5) is 8.78 Å².